The molecule has 2 rings (SSSR count). The minimum atomic E-state index is 0.399. The maximum atomic E-state index is 5.55. The third-order valence-electron chi connectivity index (χ3n) is 3.29. The van der Waals surface area contributed by atoms with Crippen LogP contribution in [0.25, 0.3) is 10.9 Å². The lowest BCUT2D eigenvalue weighted by molar-refractivity contribution is 0.859. The number of benzene rings is 1. The summed E-state index contributed by atoms with van der Waals surface area (Å²) in [5, 5.41) is 1.18. The molecular weight excluding hydrogens is 222 g/mol. The Kier molecular flexibility index (Phi) is 3.53. The van der Waals surface area contributed by atoms with Crippen molar-refractivity contribution in [1.29, 1.82) is 0 Å². The van der Waals surface area contributed by atoms with Crippen LogP contribution < -0.4 is 11.3 Å². The molecule has 1 aromatic heterocycles. The van der Waals surface area contributed by atoms with Gasteiger partial charge in [-0.25, -0.2) is 10.8 Å². The number of hydrogen-bond acceptors (Lipinski definition) is 3. The van der Waals surface area contributed by atoms with Crippen LogP contribution in [0.1, 0.15) is 50.7 Å². The zero-order valence-corrected chi connectivity index (χ0v) is 11.5. The van der Waals surface area contributed by atoms with Gasteiger partial charge in [0.1, 0.15) is 5.82 Å². The van der Waals surface area contributed by atoms with Crippen LogP contribution in [0.5, 0.6) is 0 Å². The minimum Gasteiger partial charge on any atom is -0.308 e. The molecule has 0 aliphatic heterocycles. The summed E-state index contributed by atoms with van der Waals surface area (Å²) in [6, 6.07) is 8.61. The maximum absolute atomic E-state index is 5.55. The number of pyridine rings is 1. The van der Waals surface area contributed by atoms with Crippen LogP contribution in [0.3, 0.4) is 0 Å². The van der Waals surface area contributed by atoms with E-state index in [2.05, 4.69) is 62.4 Å². The third kappa shape index (κ3) is 2.31. The van der Waals surface area contributed by atoms with Gasteiger partial charge in [0.05, 0.1) is 5.52 Å². The van der Waals surface area contributed by atoms with Crippen LogP contribution in [0.15, 0.2) is 24.3 Å². The Morgan fingerprint density at radius 1 is 1.06 bits per heavy atom. The molecule has 0 amide bonds. The zero-order valence-electron chi connectivity index (χ0n) is 11.5. The molecule has 1 aromatic carbocycles. The number of aromatic nitrogens is 1. The lowest BCUT2D eigenvalue weighted by atomic mass is 9.98. The molecule has 3 N–H and O–H groups in total. The molecule has 3 nitrogen and oxygen atoms in total. The van der Waals surface area contributed by atoms with Crippen molar-refractivity contribution in [2.45, 2.75) is 39.5 Å². The van der Waals surface area contributed by atoms with Crippen LogP contribution in [0, 0.1) is 0 Å². The molecule has 3 heteroatoms. The number of anilines is 1. The number of nitrogens with two attached hydrogens (primary N) is 1. The topological polar surface area (TPSA) is 50.9 Å². The molecule has 2 aromatic rings. The number of nitrogen functional groups attached to an aromatic ring is 1. The molecule has 1 heterocycles. The Morgan fingerprint density at radius 2 is 1.78 bits per heavy atom. The predicted molar refractivity (Wildman–Crippen MR) is 77.7 cm³/mol. The van der Waals surface area contributed by atoms with Gasteiger partial charge in [0, 0.05) is 5.39 Å². The first-order valence-electron chi connectivity index (χ1n) is 6.44. The first kappa shape index (κ1) is 12.8. The molecule has 0 fully saturated rings. The van der Waals surface area contributed by atoms with Crippen molar-refractivity contribution < 1.29 is 0 Å². The summed E-state index contributed by atoms with van der Waals surface area (Å²) < 4.78 is 0. The number of nitrogens with one attached hydrogen (secondary N) is 1. The highest BCUT2D eigenvalue weighted by Gasteiger charge is 2.10. The van der Waals surface area contributed by atoms with Gasteiger partial charge >= 0.3 is 0 Å². The van der Waals surface area contributed by atoms with Crippen molar-refractivity contribution in [3.05, 3.63) is 35.4 Å². The van der Waals surface area contributed by atoms with Crippen LogP contribution in [0.4, 0.5) is 5.82 Å². The van der Waals surface area contributed by atoms with Crippen molar-refractivity contribution in [3.8, 4) is 0 Å². The van der Waals surface area contributed by atoms with Crippen molar-refractivity contribution in [2.24, 2.45) is 5.84 Å². The quantitative estimate of drug-likeness (QED) is 0.637. The molecule has 0 aliphatic rings. The van der Waals surface area contributed by atoms with E-state index >= 15 is 0 Å². The van der Waals surface area contributed by atoms with E-state index < -0.39 is 0 Å². The monoisotopic (exact) mass is 243 g/mol. The molecule has 0 saturated carbocycles. The summed E-state index contributed by atoms with van der Waals surface area (Å²) in [5.41, 5.74) is 6.18. The molecule has 96 valence electrons. The lowest BCUT2D eigenvalue weighted by Crippen LogP contribution is -2.12. The summed E-state index contributed by atoms with van der Waals surface area (Å²) in [7, 11) is 0. The van der Waals surface area contributed by atoms with E-state index in [1.165, 1.54) is 10.9 Å². The summed E-state index contributed by atoms with van der Waals surface area (Å²) in [4.78, 5) is 4.58. The normalized spacial score (nSPS) is 11.5. The Balaban J connectivity index is 2.64. The van der Waals surface area contributed by atoms with Crippen LogP contribution in [-0.2, 0) is 0 Å². The number of fused-ring (bicyclic) bond motifs is 1. The first-order valence-corrected chi connectivity index (χ1v) is 6.44. The van der Waals surface area contributed by atoms with Gasteiger partial charge in [0.2, 0.25) is 0 Å². The van der Waals surface area contributed by atoms with E-state index in [0.717, 1.165) is 16.9 Å². The smallest absolute Gasteiger partial charge is 0.144 e. The average Bonchev–Trinajstić information content (AvgIpc) is 2.36. The molecule has 0 spiro atoms. The van der Waals surface area contributed by atoms with Crippen molar-refractivity contribution >= 4 is 16.7 Å². The van der Waals surface area contributed by atoms with Gasteiger partial charge in [0.25, 0.3) is 0 Å². The van der Waals surface area contributed by atoms with Gasteiger partial charge in [-0.1, -0.05) is 33.8 Å². The van der Waals surface area contributed by atoms with Gasteiger partial charge in [0.15, 0.2) is 0 Å². The minimum absolute atomic E-state index is 0.399. The van der Waals surface area contributed by atoms with E-state index in [0.29, 0.717) is 11.8 Å². The highest BCUT2D eigenvalue weighted by atomic mass is 15.2. The van der Waals surface area contributed by atoms with E-state index in [1.807, 2.05) is 0 Å². The highest BCUT2D eigenvalue weighted by molar-refractivity contribution is 5.82. The fourth-order valence-corrected chi connectivity index (χ4v) is 2.13. The number of hydrogen-bond donors (Lipinski definition) is 2. The summed E-state index contributed by atoms with van der Waals surface area (Å²) in [6.45, 7) is 8.70. The lowest BCUT2D eigenvalue weighted by Gasteiger charge is -2.14. The number of rotatable bonds is 3. The zero-order chi connectivity index (χ0) is 13.3. The fraction of sp³-hybridized carbons (Fsp3) is 0.400. The standard InChI is InChI=1S/C15H21N3/c1-9(2)11-5-6-14-12(7-11)8-13(10(3)4)15(17-14)18-16/h5-10H,16H2,1-4H3,(H,17,18). The van der Waals surface area contributed by atoms with Gasteiger partial charge in [-0.15, -0.1) is 0 Å². The highest BCUT2D eigenvalue weighted by Crippen LogP contribution is 2.28. The molecular formula is C15H21N3. The summed E-state index contributed by atoms with van der Waals surface area (Å²) in [5.74, 6) is 7.25. The van der Waals surface area contributed by atoms with E-state index in [4.69, 9.17) is 5.84 Å². The van der Waals surface area contributed by atoms with Gasteiger partial charge in [-0.3, -0.25) is 0 Å². The van der Waals surface area contributed by atoms with E-state index in [9.17, 15) is 0 Å². The number of nitrogens with zero attached hydrogens (tertiary/aromatic N) is 1. The molecule has 0 bridgehead atoms. The Hall–Kier alpha value is -1.61. The second-order valence-corrected chi connectivity index (χ2v) is 5.33. The van der Waals surface area contributed by atoms with Crippen molar-refractivity contribution in [1.82, 2.24) is 4.98 Å². The van der Waals surface area contributed by atoms with Gasteiger partial charge in [-0.05, 0) is 41.2 Å². The second kappa shape index (κ2) is 4.94. The van der Waals surface area contributed by atoms with Crippen molar-refractivity contribution in [3.63, 3.8) is 0 Å². The average molecular weight is 243 g/mol. The van der Waals surface area contributed by atoms with Crippen molar-refractivity contribution in [2.75, 3.05) is 5.43 Å². The molecule has 0 atom stereocenters. The fourth-order valence-electron chi connectivity index (χ4n) is 2.13. The van der Waals surface area contributed by atoms with E-state index in [-0.39, 0.29) is 0 Å². The Bertz CT molecular complexity index is 559. The maximum Gasteiger partial charge on any atom is 0.144 e. The Labute approximate surface area is 108 Å². The largest absolute Gasteiger partial charge is 0.308 e. The molecule has 0 unspecified atom stereocenters. The van der Waals surface area contributed by atoms with E-state index in [1.54, 1.807) is 0 Å². The molecule has 0 aliphatic carbocycles. The van der Waals surface area contributed by atoms with Crippen LogP contribution in [-0.4, -0.2) is 4.98 Å². The summed E-state index contributed by atoms with van der Waals surface area (Å²) >= 11 is 0. The number of hydrazine groups is 1. The molecule has 0 saturated heterocycles. The van der Waals surface area contributed by atoms with Crippen LogP contribution in [0.2, 0.25) is 0 Å². The first-order chi connectivity index (χ1) is 8.52. The van der Waals surface area contributed by atoms with Crippen LogP contribution >= 0.6 is 0 Å². The van der Waals surface area contributed by atoms with Gasteiger partial charge in [-0.2, -0.15) is 0 Å². The second-order valence-electron chi connectivity index (χ2n) is 5.33. The Morgan fingerprint density at radius 3 is 2.33 bits per heavy atom. The predicted octanol–water partition coefficient (Wildman–Crippen LogP) is 3.77. The molecule has 0 radical (unpaired) electrons. The molecule has 18 heavy (non-hydrogen) atoms. The third-order valence-corrected chi connectivity index (χ3v) is 3.29. The SMILES string of the molecule is CC(C)c1ccc2nc(NN)c(C(C)C)cc2c1. The summed E-state index contributed by atoms with van der Waals surface area (Å²) in [6.07, 6.45) is 0. The van der Waals surface area contributed by atoms with Gasteiger partial charge < -0.3 is 5.43 Å².